The van der Waals surface area contributed by atoms with Crippen molar-refractivity contribution in [3.8, 4) is 0 Å². The molecule has 1 unspecified atom stereocenters. The van der Waals surface area contributed by atoms with E-state index in [2.05, 4.69) is 10.1 Å². The van der Waals surface area contributed by atoms with Gasteiger partial charge in [0.25, 0.3) is 5.78 Å². The zero-order valence-electron chi connectivity index (χ0n) is 12.1. The Bertz CT molecular complexity index is 553. The van der Waals surface area contributed by atoms with Gasteiger partial charge in [0.2, 0.25) is 0 Å². The maximum absolute atomic E-state index is 12.2. The minimum atomic E-state index is -4.94. The summed E-state index contributed by atoms with van der Waals surface area (Å²) in [5.41, 5.74) is 0.744. The Morgan fingerprint density at radius 1 is 1.27 bits per heavy atom. The molecule has 0 spiro atoms. The number of hydrogen-bond acceptors (Lipinski definition) is 4. The summed E-state index contributed by atoms with van der Waals surface area (Å²) in [5, 5.41) is 2.58. The van der Waals surface area contributed by atoms with Gasteiger partial charge in [-0.25, -0.2) is 4.79 Å². The molecule has 0 amide bonds. The van der Waals surface area contributed by atoms with Crippen molar-refractivity contribution in [2.45, 2.75) is 25.6 Å². The predicted molar refractivity (Wildman–Crippen MR) is 73.9 cm³/mol. The number of alkyl halides is 3. The first-order valence-corrected chi connectivity index (χ1v) is 6.41. The van der Waals surface area contributed by atoms with Crippen molar-refractivity contribution in [1.82, 2.24) is 5.32 Å². The van der Waals surface area contributed by atoms with Gasteiger partial charge in [0.05, 0.1) is 7.11 Å². The second-order valence-corrected chi connectivity index (χ2v) is 4.60. The van der Waals surface area contributed by atoms with Gasteiger partial charge in [-0.15, -0.1) is 0 Å². The predicted octanol–water partition coefficient (Wildman–Crippen LogP) is 2.40. The monoisotopic (exact) mass is 315 g/mol. The molecular formula is C15H16F3NO3. The fraction of sp³-hybridized carbons (Fsp3) is 0.333. The summed E-state index contributed by atoms with van der Waals surface area (Å²) >= 11 is 0. The topological polar surface area (TPSA) is 55.4 Å². The molecule has 0 saturated heterocycles. The van der Waals surface area contributed by atoms with Crippen LogP contribution < -0.4 is 5.32 Å². The fourth-order valence-electron chi connectivity index (χ4n) is 1.78. The summed E-state index contributed by atoms with van der Waals surface area (Å²) in [5.74, 6) is -2.61. The third-order valence-corrected chi connectivity index (χ3v) is 2.80. The van der Waals surface area contributed by atoms with Crippen molar-refractivity contribution >= 4 is 11.8 Å². The highest BCUT2D eigenvalue weighted by molar-refractivity contribution is 5.94. The minimum absolute atomic E-state index is 0.0614. The van der Waals surface area contributed by atoms with E-state index in [4.69, 9.17) is 0 Å². The highest BCUT2D eigenvalue weighted by atomic mass is 19.4. The molecule has 120 valence electrons. The van der Waals surface area contributed by atoms with Gasteiger partial charge in [-0.1, -0.05) is 30.3 Å². The minimum Gasteiger partial charge on any atom is -0.467 e. The summed E-state index contributed by atoms with van der Waals surface area (Å²) in [6.07, 6.45) is -4.30. The summed E-state index contributed by atoms with van der Waals surface area (Å²) in [7, 11) is 1.18. The van der Waals surface area contributed by atoms with Crippen LogP contribution in [0.15, 0.2) is 42.1 Å². The number of carbonyl (C=O) groups is 2. The molecule has 0 aromatic heterocycles. The number of ether oxygens (including phenoxy) is 1. The van der Waals surface area contributed by atoms with Gasteiger partial charge in [-0.05, 0) is 12.5 Å². The number of nitrogens with one attached hydrogen (secondary N) is 1. The largest absolute Gasteiger partial charge is 0.467 e. The van der Waals surface area contributed by atoms with Crippen LogP contribution in [-0.4, -0.2) is 31.1 Å². The summed E-state index contributed by atoms with van der Waals surface area (Å²) < 4.78 is 41.2. The van der Waals surface area contributed by atoms with Crippen molar-refractivity contribution in [2.75, 3.05) is 7.11 Å². The number of carbonyl (C=O) groups excluding carboxylic acids is 2. The molecule has 1 atom stereocenters. The number of allylic oxidation sites excluding steroid dienone is 2. The lowest BCUT2D eigenvalue weighted by Crippen LogP contribution is -2.39. The highest BCUT2D eigenvalue weighted by Crippen LogP contribution is 2.17. The lowest BCUT2D eigenvalue weighted by molar-refractivity contribution is -0.165. The molecule has 0 aliphatic carbocycles. The molecule has 22 heavy (non-hydrogen) atoms. The van der Waals surface area contributed by atoms with Crippen molar-refractivity contribution in [2.24, 2.45) is 0 Å². The van der Waals surface area contributed by atoms with E-state index < -0.39 is 24.0 Å². The van der Waals surface area contributed by atoms with Gasteiger partial charge in [-0.2, -0.15) is 13.2 Å². The van der Waals surface area contributed by atoms with Crippen molar-refractivity contribution < 1.29 is 27.5 Å². The second kappa shape index (κ2) is 7.63. The van der Waals surface area contributed by atoms with E-state index in [1.165, 1.54) is 14.0 Å². The SMILES string of the molecule is COC(=O)C(Cc1ccccc1)NC(C)=CC(=O)C(F)(F)F. The fourth-order valence-corrected chi connectivity index (χ4v) is 1.78. The Morgan fingerprint density at radius 3 is 2.36 bits per heavy atom. The number of halogens is 3. The molecule has 1 N–H and O–H groups in total. The highest BCUT2D eigenvalue weighted by Gasteiger charge is 2.36. The number of benzene rings is 1. The zero-order valence-corrected chi connectivity index (χ0v) is 12.1. The third kappa shape index (κ3) is 5.59. The van der Waals surface area contributed by atoms with E-state index in [1.807, 2.05) is 0 Å². The Morgan fingerprint density at radius 2 is 1.86 bits per heavy atom. The normalized spacial score (nSPS) is 13.4. The Hall–Kier alpha value is -2.31. The average molecular weight is 315 g/mol. The Labute approximate surface area is 126 Å². The van der Waals surface area contributed by atoms with E-state index in [1.54, 1.807) is 30.3 Å². The molecule has 0 fully saturated rings. The van der Waals surface area contributed by atoms with Crippen molar-refractivity contribution in [3.63, 3.8) is 0 Å². The number of ketones is 1. The van der Waals surface area contributed by atoms with Gasteiger partial charge in [0.1, 0.15) is 6.04 Å². The summed E-state index contributed by atoms with van der Waals surface area (Å²) in [6, 6.07) is 8.02. The zero-order chi connectivity index (χ0) is 16.8. The molecule has 1 aromatic carbocycles. The molecule has 0 aliphatic rings. The average Bonchev–Trinajstić information content (AvgIpc) is 2.45. The van der Waals surface area contributed by atoms with E-state index >= 15 is 0 Å². The smallest absolute Gasteiger partial charge is 0.454 e. The van der Waals surface area contributed by atoms with Crippen LogP contribution >= 0.6 is 0 Å². The molecule has 0 saturated carbocycles. The van der Waals surface area contributed by atoms with Crippen LogP contribution in [0, 0.1) is 0 Å². The summed E-state index contributed by atoms with van der Waals surface area (Å²) in [4.78, 5) is 22.6. The van der Waals surface area contributed by atoms with Crippen LogP contribution in [0.5, 0.6) is 0 Å². The molecule has 1 aromatic rings. The molecule has 0 radical (unpaired) electrons. The molecular weight excluding hydrogens is 299 g/mol. The summed E-state index contributed by atoms with van der Waals surface area (Å²) in [6.45, 7) is 1.28. The quantitative estimate of drug-likeness (QED) is 0.647. The van der Waals surface area contributed by atoms with Crippen LogP contribution in [-0.2, 0) is 20.7 Å². The maximum Gasteiger partial charge on any atom is 0.454 e. The lowest BCUT2D eigenvalue weighted by atomic mass is 10.1. The third-order valence-electron chi connectivity index (χ3n) is 2.80. The first kappa shape index (κ1) is 17.7. The molecule has 0 aliphatic heterocycles. The molecule has 1 rings (SSSR count). The van der Waals surface area contributed by atoms with Crippen LogP contribution in [0.2, 0.25) is 0 Å². The standard InChI is InChI=1S/C15H16F3NO3/c1-10(8-13(20)15(16,17)18)19-12(14(21)22-2)9-11-6-4-3-5-7-11/h3-8,12,19H,9H2,1-2H3. The number of esters is 1. The van der Waals surface area contributed by atoms with E-state index in [-0.39, 0.29) is 12.1 Å². The van der Waals surface area contributed by atoms with Crippen LogP contribution in [0.25, 0.3) is 0 Å². The first-order chi connectivity index (χ1) is 10.2. The molecule has 7 heteroatoms. The van der Waals surface area contributed by atoms with Crippen LogP contribution in [0.4, 0.5) is 13.2 Å². The van der Waals surface area contributed by atoms with E-state index in [9.17, 15) is 22.8 Å². The van der Waals surface area contributed by atoms with Crippen LogP contribution in [0.1, 0.15) is 12.5 Å². The van der Waals surface area contributed by atoms with Crippen molar-refractivity contribution in [3.05, 3.63) is 47.7 Å². The maximum atomic E-state index is 12.2. The van der Waals surface area contributed by atoms with Gasteiger partial charge >= 0.3 is 12.1 Å². The Kier molecular flexibility index (Phi) is 6.15. The van der Waals surface area contributed by atoms with Gasteiger partial charge in [0.15, 0.2) is 0 Å². The van der Waals surface area contributed by atoms with Gasteiger partial charge in [0, 0.05) is 18.2 Å². The van der Waals surface area contributed by atoms with E-state index in [0.29, 0.717) is 6.08 Å². The number of methoxy groups -OCH3 is 1. The number of hydrogen-bond donors (Lipinski definition) is 1. The molecule has 0 heterocycles. The molecule has 4 nitrogen and oxygen atoms in total. The van der Waals surface area contributed by atoms with Crippen LogP contribution in [0.3, 0.4) is 0 Å². The van der Waals surface area contributed by atoms with Gasteiger partial charge in [-0.3, -0.25) is 4.79 Å². The van der Waals surface area contributed by atoms with Crippen molar-refractivity contribution in [1.29, 1.82) is 0 Å². The first-order valence-electron chi connectivity index (χ1n) is 6.41. The Balaban J connectivity index is 2.84. The van der Waals surface area contributed by atoms with Gasteiger partial charge < -0.3 is 10.1 Å². The number of rotatable bonds is 6. The molecule has 0 bridgehead atoms. The second-order valence-electron chi connectivity index (χ2n) is 4.60. The van der Waals surface area contributed by atoms with E-state index in [0.717, 1.165) is 5.56 Å². The lowest BCUT2D eigenvalue weighted by Gasteiger charge is -2.18.